The number of carbonyl (C=O) groups excluding carboxylic acids is 1. The van der Waals surface area contributed by atoms with Gasteiger partial charge in [-0.1, -0.05) is 24.3 Å². The molecule has 0 spiro atoms. The molecular weight excluding hydrogens is 416 g/mol. The number of aromatic amines is 2. The molecule has 4 rings (SSSR count). The van der Waals surface area contributed by atoms with Gasteiger partial charge in [-0.25, -0.2) is 13.2 Å². The topological polar surface area (TPSA) is 124 Å². The maximum Gasteiger partial charge on any atom is 0.323 e. The molecule has 1 aromatic heterocycles. The number of aromatic nitrogens is 2. The lowest BCUT2D eigenvalue weighted by Crippen LogP contribution is -2.19. The molecule has 0 radical (unpaired) electrons. The molecule has 0 saturated heterocycles. The average molecular weight is 436 g/mol. The molecule has 3 aromatic carbocycles. The Balaban J connectivity index is 1.65. The van der Waals surface area contributed by atoms with Gasteiger partial charge in [-0.05, 0) is 61.4 Å². The number of hydrogen-bond donors (Lipinski definition) is 4. The molecule has 0 saturated carbocycles. The van der Waals surface area contributed by atoms with E-state index >= 15 is 0 Å². The number of para-hydroxylation sites is 1. The van der Waals surface area contributed by atoms with Crippen LogP contribution in [0, 0.1) is 13.8 Å². The SMILES string of the molecule is Cc1ccc(C)c(NC(=O)c2ccccc2NS(=O)(=O)c2ccc3[nH]c(=O)[nH]c3c2)c1. The first-order valence-corrected chi connectivity index (χ1v) is 10.9. The molecule has 4 N–H and O–H groups in total. The van der Waals surface area contributed by atoms with Crippen molar-refractivity contribution >= 4 is 38.3 Å². The molecule has 0 bridgehead atoms. The van der Waals surface area contributed by atoms with Crippen LogP contribution in [0.2, 0.25) is 0 Å². The van der Waals surface area contributed by atoms with Crippen LogP contribution in [0.1, 0.15) is 21.5 Å². The van der Waals surface area contributed by atoms with Gasteiger partial charge in [0.25, 0.3) is 15.9 Å². The third-order valence-corrected chi connectivity index (χ3v) is 6.22. The maximum atomic E-state index is 12.9. The lowest BCUT2D eigenvalue weighted by molar-refractivity contribution is 0.102. The highest BCUT2D eigenvalue weighted by atomic mass is 32.2. The number of imidazole rings is 1. The van der Waals surface area contributed by atoms with Crippen molar-refractivity contribution in [3.8, 4) is 0 Å². The molecule has 158 valence electrons. The Morgan fingerprint density at radius 1 is 0.871 bits per heavy atom. The summed E-state index contributed by atoms with van der Waals surface area (Å²) in [4.78, 5) is 29.4. The van der Waals surface area contributed by atoms with Crippen molar-refractivity contribution in [3.63, 3.8) is 0 Å². The highest BCUT2D eigenvalue weighted by Gasteiger charge is 2.20. The fourth-order valence-electron chi connectivity index (χ4n) is 3.21. The molecule has 1 amide bonds. The number of rotatable bonds is 5. The van der Waals surface area contributed by atoms with Crippen LogP contribution >= 0.6 is 0 Å². The third-order valence-electron chi connectivity index (χ3n) is 4.86. The first-order valence-electron chi connectivity index (χ1n) is 9.45. The summed E-state index contributed by atoms with van der Waals surface area (Å²) < 4.78 is 28.4. The van der Waals surface area contributed by atoms with Crippen LogP contribution in [-0.4, -0.2) is 24.3 Å². The smallest absolute Gasteiger partial charge is 0.322 e. The van der Waals surface area contributed by atoms with Gasteiger partial charge < -0.3 is 15.3 Å². The quantitative estimate of drug-likeness (QED) is 0.382. The molecule has 8 nitrogen and oxygen atoms in total. The largest absolute Gasteiger partial charge is 0.323 e. The van der Waals surface area contributed by atoms with Crippen molar-refractivity contribution in [1.29, 1.82) is 0 Å². The molecule has 9 heteroatoms. The maximum absolute atomic E-state index is 12.9. The van der Waals surface area contributed by atoms with E-state index in [1.165, 1.54) is 24.3 Å². The number of aryl methyl sites for hydroxylation is 2. The van der Waals surface area contributed by atoms with Crippen LogP contribution in [-0.2, 0) is 10.0 Å². The van der Waals surface area contributed by atoms with E-state index in [4.69, 9.17) is 0 Å². The molecule has 31 heavy (non-hydrogen) atoms. The standard InChI is InChI=1S/C22H20N4O4S/c1-13-7-8-14(2)19(11-13)23-21(27)16-5-3-4-6-17(16)26-31(29,30)15-9-10-18-20(12-15)25-22(28)24-18/h3-12,26H,1-2H3,(H,23,27)(H2,24,25,28). The van der Waals surface area contributed by atoms with E-state index in [0.717, 1.165) is 11.1 Å². The van der Waals surface area contributed by atoms with Crippen LogP contribution in [0.15, 0.2) is 70.4 Å². The summed E-state index contributed by atoms with van der Waals surface area (Å²) in [6.45, 7) is 3.80. The zero-order valence-corrected chi connectivity index (χ0v) is 17.6. The second kappa shape index (κ2) is 7.77. The van der Waals surface area contributed by atoms with E-state index in [2.05, 4.69) is 20.0 Å². The number of H-pyrrole nitrogens is 2. The first kappa shape index (κ1) is 20.4. The van der Waals surface area contributed by atoms with Crippen molar-refractivity contribution in [2.45, 2.75) is 18.7 Å². The number of nitrogens with one attached hydrogen (secondary N) is 4. The fourth-order valence-corrected chi connectivity index (χ4v) is 4.32. The summed E-state index contributed by atoms with van der Waals surface area (Å²) in [5, 5.41) is 2.84. The van der Waals surface area contributed by atoms with Crippen molar-refractivity contribution in [2.75, 3.05) is 10.0 Å². The Bertz CT molecular complexity index is 1470. The van der Waals surface area contributed by atoms with Crippen LogP contribution < -0.4 is 15.7 Å². The predicted molar refractivity (Wildman–Crippen MR) is 120 cm³/mol. The minimum absolute atomic E-state index is 0.0417. The lowest BCUT2D eigenvalue weighted by Gasteiger charge is -2.14. The van der Waals surface area contributed by atoms with Gasteiger partial charge in [0.2, 0.25) is 0 Å². The molecule has 0 unspecified atom stereocenters. The Labute approximate surface area is 178 Å². The van der Waals surface area contributed by atoms with Crippen molar-refractivity contribution in [1.82, 2.24) is 9.97 Å². The minimum atomic E-state index is -4.01. The van der Waals surface area contributed by atoms with E-state index in [1.807, 2.05) is 32.0 Å². The summed E-state index contributed by atoms with van der Waals surface area (Å²) in [6.07, 6.45) is 0. The van der Waals surface area contributed by atoms with Crippen molar-refractivity contribution in [2.24, 2.45) is 0 Å². The number of hydrogen-bond acceptors (Lipinski definition) is 4. The second-order valence-corrected chi connectivity index (χ2v) is 8.89. The lowest BCUT2D eigenvalue weighted by atomic mass is 10.1. The predicted octanol–water partition coefficient (Wildman–Crippen LogP) is 3.53. The second-order valence-electron chi connectivity index (χ2n) is 7.21. The van der Waals surface area contributed by atoms with E-state index in [0.29, 0.717) is 16.7 Å². The summed E-state index contributed by atoms with van der Waals surface area (Å²) in [7, 11) is -4.01. The Hall–Kier alpha value is -3.85. The first-order chi connectivity index (χ1) is 14.7. The Kier molecular flexibility index (Phi) is 5.12. The van der Waals surface area contributed by atoms with Crippen LogP contribution in [0.5, 0.6) is 0 Å². The summed E-state index contributed by atoms with van der Waals surface area (Å²) >= 11 is 0. The number of sulfonamides is 1. The third kappa shape index (κ3) is 4.22. The van der Waals surface area contributed by atoms with Crippen molar-refractivity contribution < 1.29 is 13.2 Å². The highest BCUT2D eigenvalue weighted by Crippen LogP contribution is 2.24. The van der Waals surface area contributed by atoms with E-state index in [9.17, 15) is 18.0 Å². The zero-order valence-electron chi connectivity index (χ0n) is 16.8. The molecule has 0 fully saturated rings. The summed E-state index contributed by atoms with van der Waals surface area (Å²) in [5.74, 6) is -0.433. The molecule has 0 aliphatic carbocycles. The van der Waals surface area contributed by atoms with Gasteiger partial charge in [-0.15, -0.1) is 0 Å². The van der Waals surface area contributed by atoms with Crippen LogP contribution in [0.25, 0.3) is 11.0 Å². The number of benzene rings is 3. The van der Waals surface area contributed by atoms with E-state index in [-0.39, 0.29) is 16.1 Å². The molecule has 0 atom stereocenters. The number of carbonyl (C=O) groups is 1. The van der Waals surface area contributed by atoms with Crippen LogP contribution in [0.3, 0.4) is 0 Å². The van der Waals surface area contributed by atoms with Gasteiger partial charge in [0.05, 0.1) is 27.2 Å². The molecule has 4 aromatic rings. The van der Waals surface area contributed by atoms with Gasteiger partial charge in [0.15, 0.2) is 0 Å². The van der Waals surface area contributed by atoms with Crippen molar-refractivity contribution in [3.05, 3.63) is 87.8 Å². The summed E-state index contributed by atoms with van der Waals surface area (Å²) in [6, 6.07) is 16.3. The normalized spacial score (nSPS) is 11.4. The molecular formula is C22H20N4O4S. The van der Waals surface area contributed by atoms with Gasteiger partial charge >= 0.3 is 5.69 Å². The molecule has 0 aliphatic heterocycles. The highest BCUT2D eigenvalue weighted by molar-refractivity contribution is 7.92. The number of fused-ring (bicyclic) bond motifs is 1. The fraction of sp³-hybridized carbons (Fsp3) is 0.0909. The number of anilines is 2. The van der Waals surface area contributed by atoms with E-state index in [1.54, 1.807) is 18.2 Å². The molecule has 1 heterocycles. The van der Waals surface area contributed by atoms with Gasteiger partial charge in [-0.2, -0.15) is 0 Å². The summed E-state index contributed by atoms with van der Waals surface area (Å²) in [5.41, 5.74) is 3.32. The minimum Gasteiger partial charge on any atom is -0.322 e. The van der Waals surface area contributed by atoms with E-state index < -0.39 is 21.6 Å². The Morgan fingerprint density at radius 2 is 1.61 bits per heavy atom. The monoisotopic (exact) mass is 436 g/mol. The molecule has 0 aliphatic rings. The average Bonchev–Trinajstić information content (AvgIpc) is 3.10. The van der Waals surface area contributed by atoms with Crippen LogP contribution in [0.4, 0.5) is 11.4 Å². The Morgan fingerprint density at radius 3 is 2.42 bits per heavy atom. The van der Waals surface area contributed by atoms with Gasteiger partial charge in [0, 0.05) is 5.69 Å². The number of amides is 1. The van der Waals surface area contributed by atoms with Gasteiger partial charge in [-0.3, -0.25) is 9.52 Å². The van der Waals surface area contributed by atoms with Gasteiger partial charge in [0.1, 0.15) is 0 Å². The zero-order chi connectivity index (χ0) is 22.2.